The van der Waals surface area contributed by atoms with E-state index in [4.69, 9.17) is 11.0 Å². The normalized spacial score (nSPS) is 10.1. The quantitative estimate of drug-likeness (QED) is 0.734. The molecule has 0 fully saturated rings. The Morgan fingerprint density at radius 1 is 1.35 bits per heavy atom. The van der Waals surface area contributed by atoms with E-state index in [1.54, 1.807) is 12.1 Å². The molecule has 0 saturated heterocycles. The molecule has 2 rings (SSSR count). The molecule has 0 amide bonds. The van der Waals surface area contributed by atoms with Crippen LogP contribution in [0.3, 0.4) is 0 Å². The van der Waals surface area contributed by atoms with Gasteiger partial charge in [0.2, 0.25) is 0 Å². The van der Waals surface area contributed by atoms with Gasteiger partial charge in [-0.05, 0) is 30.2 Å². The Labute approximate surface area is 99.3 Å². The van der Waals surface area contributed by atoms with Crippen LogP contribution < -0.4 is 5.73 Å². The van der Waals surface area contributed by atoms with Gasteiger partial charge in [0, 0.05) is 12.1 Å². The summed E-state index contributed by atoms with van der Waals surface area (Å²) in [7, 11) is 0. The summed E-state index contributed by atoms with van der Waals surface area (Å²) in [4.78, 5) is 3.02. The number of benzene rings is 1. The van der Waals surface area contributed by atoms with Crippen LogP contribution in [0.25, 0.3) is 0 Å². The lowest BCUT2D eigenvalue weighted by Crippen LogP contribution is -1.91. The predicted molar refractivity (Wildman–Crippen MR) is 65.6 cm³/mol. The van der Waals surface area contributed by atoms with Gasteiger partial charge in [0.25, 0.3) is 0 Å². The van der Waals surface area contributed by atoms with Crippen LogP contribution in [0.4, 0.5) is 5.82 Å². The minimum absolute atomic E-state index is 0.245. The molecule has 17 heavy (non-hydrogen) atoms. The number of aromatic nitrogens is 1. The molecule has 4 nitrogen and oxygen atoms in total. The number of nitrogens with two attached hydrogens (primary N) is 1. The number of phenolic OH excluding ortho intramolecular Hbond substituents is 1. The van der Waals surface area contributed by atoms with E-state index in [0.717, 1.165) is 16.8 Å². The second-order valence-corrected chi connectivity index (χ2v) is 3.97. The first-order chi connectivity index (χ1) is 8.11. The van der Waals surface area contributed by atoms with E-state index >= 15 is 0 Å². The molecule has 0 aliphatic heterocycles. The van der Waals surface area contributed by atoms with Crippen molar-refractivity contribution in [1.82, 2.24) is 4.98 Å². The number of hydrogen-bond donors (Lipinski definition) is 3. The number of anilines is 1. The molecular weight excluding hydrogens is 214 g/mol. The first-order valence-electron chi connectivity index (χ1n) is 5.26. The number of aromatic amines is 1. The Morgan fingerprint density at radius 3 is 2.53 bits per heavy atom. The van der Waals surface area contributed by atoms with Gasteiger partial charge in [-0.25, -0.2) is 0 Å². The fourth-order valence-electron chi connectivity index (χ4n) is 1.81. The fourth-order valence-corrected chi connectivity index (χ4v) is 1.81. The van der Waals surface area contributed by atoms with Crippen LogP contribution in [0.5, 0.6) is 5.75 Å². The summed E-state index contributed by atoms with van der Waals surface area (Å²) in [6, 6.07) is 9.05. The van der Waals surface area contributed by atoms with Gasteiger partial charge in [0.05, 0.1) is 5.56 Å². The highest BCUT2D eigenvalue weighted by Gasteiger charge is 2.11. The van der Waals surface area contributed by atoms with Crippen LogP contribution >= 0.6 is 0 Å². The zero-order chi connectivity index (χ0) is 12.4. The summed E-state index contributed by atoms with van der Waals surface area (Å²) in [6.45, 7) is 1.88. The minimum Gasteiger partial charge on any atom is -0.508 e. The smallest absolute Gasteiger partial charge is 0.119 e. The van der Waals surface area contributed by atoms with E-state index < -0.39 is 0 Å². The molecule has 0 unspecified atom stereocenters. The lowest BCUT2D eigenvalue weighted by Gasteiger charge is -2.01. The van der Waals surface area contributed by atoms with Crippen LogP contribution in [-0.4, -0.2) is 10.1 Å². The summed E-state index contributed by atoms with van der Waals surface area (Å²) < 4.78 is 0. The second-order valence-electron chi connectivity index (χ2n) is 3.97. The number of nitrogen functional groups attached to an aromatic ring is 1. The molecule has 0 atom stereocenters. The van der Waals surface area contributed by atoms with Crippen molar-refractivity contribution < 1.29 is 5.11 Å². The summed E-state index contributed by atoms with van der Waals surface area (Å²) in [5.74, 6) is 0.660. The van der Waals surface area contributed by atoms with Crippen LogP contribution in [0, 0.1) is 18.3 Å². The van der Waals surface area contributed by atoms with E-state index in [1.807, 2.05) is 19.1 Å². The van der Waals surface area contributed by atoms with Crippen molar-refractivity contribution in [3.63, 3.8) is 0 Å². The first-order valence-corrected chi connectivity index (χ1v) is 5.26. The molecule has 0 aliphatic carbocycles. The van der Waals surface area contributed by atoms with Gasteiger partial charge in [0.15, 0.2) is 0 Å². The largest absolute Gasteiger partial charge is 0.508 e. The highest BCUT2D eigenvalue weighted by Crippen LogP contribution is 2.22. The molecule has 1 aromatic heterocycles. The van der Waals surface area contributed by atoms with Crippen molar-refractivity contribution in [2.45, 2.75) is 13.3 Å². The van der Waals surface area contributed by atoms with E-state index in [2.05, 4.69) is 11.1 Å². The van der Waals surface area contributed by atoms with Crippen molar-refractivity contribution in [1.29, 1.82) is 5.26 Å². The minimum atomic E-state index is 0.245. The summed E-state index contributed by atoms with van der Waals surface area (Å²) in [5.41, 5.74) is 9.10. The molecular formula is C13H13N3O. The van der Waals surface area contributed by atoms with Gasteiger partial charge in [-0.1, -0.05) is 12.1 Å². The zero-order valence-corrected chi connectivity index (χ0v) is 9.49. The second kappa shape index (κ2) is 4.22. The van der Waals surface area contributed by atoms with Gasteiger partial charge in [0.1, 0.15) is 17.6 Å². The highest BCUT2D eigenvalue weighted by atomic mass is 16.3. The Bertz CT molecular complexity index is 576. The van der Waals surface area contributed by atoms with E-state index in [1.165, 1.54) is 0 Å². The number of hydrogen-bond acceptors (Lipinski definition) is 3. The first kappa shape index (κ1) is 11.1. The monoisotopic (exact) mass is 227 g/mol. The lowest BCUT2D eigenvalue weighted by atomic mass is 10.1. The average Bonchev–Trinajstić information content (AvgIpc) is 2.57. The Hall–Kier alpha value is -2.41. The molecule has 4 N–H and O–H groups in total. The maximum atomic E-state index is 9.19. The van der Waals surface area contributed by atoms with Gasteiger partial charge >= 0.3 is 0 Å². The van der Waals surface area contributed by atoms with Crippen molar-refractivity contribution in [2.24, 2.45) is 0 Å². The third-order valence-electron chi connectivity index (χ3n) is 2.81. The Balaban J connectivity index is 2.31. The third kappa shape index (κ3) is 2.08. The number of H-pyrrole nitrogens is 1. The van der Waals surface area contributed by atoms with E-state index in [9.17, 15) is 5.11 Å². The van der Waals surface area contributed by atoms with Crippen molar-refractivity contribution in [3.05, 3.63) is 46.6 Å². The predicted octanol–water partition coefficient (Wildman–Crippen LogP) is 2.07. The number of nitrogens with one attached hydrogen (secondary N) is 1. The molecule has 0 aliphatic rings. The van der Waals surface area contributed by atoms with Crippen LogP contribution in [-0.2, 0) is 6.42 Å². The van der Waals surface area contributed by atoms with Crippen molar-refractivity contribution in [2.75, 3.05) is 5.73 Å². The molecule has 0 saturated carbocycles. The molecule has 1 aromatic carbocycles. The van der Waals surface area contributed by atoms with Gasteiger partial charge in [-0.2, -0.15) is 5.26 Å². The standard InChI is InChI=1S/C13H13N3O/c1-8-11(7-14)13(15)16-12(8)6-9-2-4-10(17)5-3-9/h2-5,16-17H,6,15H2,1H3. The van der Waals surface area contributed by atoms with Gasteiger partial charge in [-0.3, -0.25) is 0 Å². The van der Waals surface area contributed by atoms with Crippen LogP contribution in [0.2, 0.25) is 0 Å². The maximum absolute atomic E-state index is 9.19. The number of rotatable bonds is 2. The number of phenols is 1. The van der Waals surface area contributed by atoms with Crippen molar-refractivity contribution >= 4 is 5.82 Å². The van der Waals surface area contributed by atoms with Crippen LogP contribution in [0.15, 0.2) is 24.3 Å². The molecule has 1 heterocycles. The summed E-state index contributed by atoms with van der Waals surface area (Å²) in [6.07, 6.45) is 0.665. The molecule has 0 radical (unpaired) electrons. The highest BCUT2D eigenvalue weighted by molar-refractivity contribution is 5.57. The summed E-state index contributed by atoms with van der Waals surface area (Å²) >= 11 is 0. The number of nitrogens with zero attached hydrogens (tertiary/aromatic N) is 1. The Morgan fingerprint density at radius 2 is 2.00 bits per heavy atom. The molecule has 0 bridgehead atoms. The summed E-state index contributed by atoms with van der Waals surface area (Å²) in [5, 5.41) is 18.1. The van der Waals surface area contributed by atoms with E-state index in [-0.39, 0.29) is 5.75 Å². The molecule has 2 aromatic rings. The Kier molecular flexibility index (Phi) is 2.75. The van der Waals surface area contributed by atoms with Gasteiger partial charge in [-0.15, -0.1) is 0 Å². The maximum Gasteiger partial charge on any atom is 0.119 e. The topological polar surface area (TPSA) is 85.8 Å². The molecule has 4 heteroatoms. The third-order valence-corrected chi connectivity index (χ3v) is 2.81. The average molecular weight is 227 g/mol. The SMILES string of the molecule is Cc1c(Cc2ccc(O)cc2)[nH]c(N)c1C#N. The van der Waals surface area contributed by atoms with E-state index in [0.29, 0.717) is 17.8 Å². The number of nitriles is 1. The molecule has 0 spiro atoms. The van der Waals surface area contributed by atoms with Crippen molar-refractivity contribution in [3.8, 4) is 11.8 Å². The van der Waals surface area contributed by atoms with Gasteiger partial charge < -0.3 is 15.8 Å². The van der Waals surface area contributed by atoms with Crippen LogP contribution in [0.1, 0.15) is 22.4 Å². The number of aromatic hydroxyl groups is 1. The molecule has 86 valence electrons. The fraction of sp³-hybridized carbons (Fsp3) is 0.154. The zero-order valence-electron chi connectivity index (χ0n) is 9.49. The lowest BCUT2D eigenvalue weighted by molar-refractivity contribution is 0.475.